The third-order valence-electron chi connectivity index (χ3n) is 2.46. The highest BCUT2D eigenvalue weighted by Crippen LogP contribution is 2.13. The normalized spacial score (nSPS) is 10.0. The smallest absolute Gasteiger partial charge is 0.307 e. The van der Waals surface area contributed by atoms with Crippen LogP contribution in [0.5, 0.6) is 5.88 Å². The molecular formula is C14H20N2O5. The van der Waals surface area contributed by atoms with Crippen molar-refractivity contribution in [3.63, 3.8) is 0 Å². The summed E-state index contributed by atoms with van der Waals surface area (Å²) in [5.41, 5.74) is 0.317. The number of esters is 1. The number of pyridine rings is 1. The summed E-state index contributed by atoms with van der Waals surface area (Å²) in [4.78, 5) is 27.2. The van der Waals surface area contributed by atoms with Crippen LogP contribution >= 0.6 is 0 Å². The summed E-state index contributed by atoms with van der Waals surface area (Å²) < 4.78 is 15.0. The van der Waals surface area contributed by atoms with Gasteiger partial charge in [0.25, 0.3) is 5.91 Å². The van der Waals surface area contributed by atoms with E-state index in [1.54, 1.807) is 26.2 Å². The molecule has 1 aromatic rings. The van der Waals surface area contributed by atoms with Gasteiger partial charge < -0.3 is 19.5 Å². The van der Waals surface area contributed by atoms with Crippen molar-refractivity contribution in [2.24, 2.45) is 0 Å². The van der Waals surface area contributed by atoms with Gasteiger partial charge in [0.2, 0.25) is 5.88 Å². The van der Waals surface area contributed by atoms with Gasteiger partial charge in [-0.05, 0) is 19.1 Å². The number of rotatable bonds is 9. The van der Waals surface area contributed by atoms with Gasteiger partial charge in [0.15, 0.2) is 0 Å². The number of aromatic nitrogens is 1. The lowest BCUT2D eigenvalue weighted by Crippen LogP contribution is -2.27. The zero-order valence-electron chi connectivity index (χ0n) is 12.3. The topological polar surface area (TPSA) is 86.8 Å². The Hall–Kier alpha value is -2.15. The van der Waals surface area contributed by atoms with Gasteiger partial charge in [-0.2, -0.15) is 0 Å². The first-order chi connectivity index (χ1) is 10.2. The molecule has 116 valence electrons. The third kappa shape index (κ3) is 6.22. The Morgan fingerprint density at radius 3 is 2.86 bits per heavy atom. The molecule has 21 heavy (non-hydrogen) atoms. The fourth-order valence-corrected chi connectivity index (χ4v) is 1.51. The molecule has 0 saturated carbocycles. The van der Waals surface area contributed by atoms with Crippen molar-refractivity contribution in [1.29, 1.82) is 0 Å². The third-order valence-corrected chi connectivity index (χ3v) is 2.46. The molecule has 0 saturated heterocycles. The number of carbonyl (C=O) groups is 2. The van der Waals surface area contributed by atoms with Gasteiger partial charge in [0, 0.05) is 19.9 Å². The molecule has 1 rings (SSSR count). The van der Waals surface area contributed by atoms with Crippen molar-refractivity contribution < 1.29 is 23.8 Å². The first-order valence-corrected chi connectivity index (χ1v) is 6.69. The Labute approximate surface area is 123 Å². The van der Waals surface area contributed by atoms with Crippen LogP contribution in [-0.2, 0) is 14.3 Å². The lowest BCUT2D eigenvalue weighted by atomic mass is 10.2. The number of carbonyl (C=O) groups excluding carboxylic acids is 2. The molecule has 0 aliphatic heterocycles. The number of methoxy groups -OCH3 is 1. The Morgan fingerprint density at radius 1 is 1.33 bits per heavy atom. The zero-order chi connectivity index (χ0) is 15.5. The van der Waals surface area contributed by atoms with E-state index in [9.17, 15) is 9.59 Å². The van der Waals surface area contributed by atoms with Gasteiger partial charge in [0.05, 0.1) is 19.6 Å². The number of amides is 1. The van der Waals surface area contributed by atoms with Gasteiger partial charge in [-0.15, -0.1) is 0 Å². The van der Waals surface area contributed by atoms with Crippen LogP contribution in [0.4, 0.5) is 0 Å². The van der Waals surface area contributed by atoms with Gasteiger partial charge in [-0.25, -0.2) is 4.98 Å². The van der Waals surface area contributed by atoms with Gasteiger partial charge in [-0.3, -0.25) is 9.59 Å². The molecule has 0 aromatic carbocycles. The van der Waals surface area contributed by atoms with Gasteiger partial charge >= 0.3 is 5.97 Å². The van der Waals surface area contributed by atoms with E-state index in [-0.39, 0.29) is 30.7 Å². The molecule has 0 fully saturated rings. The number of nitrogens with zero attached hydrogens (tertiary/aromatic N) is 1. The second-order valence-electron chi connectivity index (χ2n) is 4.01. The van der Waals surface area contributed by atoms with Crippen LogP contribution in [0, 0.1) is 0 Å². The van der Waals surface area contributed by atoms with E-state index in [0.29, 0.717) is 25.4 Å². The highest BCUT2D eigenvalue weighted by Gasteiger charge is 2.13. The Bertz CT molecular complexity index is 464. The van der Waals surface area contributed by atoms with Crippen molar-refractivity contribution in [1.82, 2.24) is 10.3 Å². The van der Waals surface area contributed by atoms with Crippen LogP contribution in [0.1, 0.15) is 23.7 Å². The number of nitrogens with one attached hydrogen (secondary N) is 1. The van der Waals surface area contributed by atoms with Crippen LogP contribution in [-0.4, -0.2) is 50.3 Å². The molecule has 0 bridgehead atoms. The van der Waals surface area contributed by atoms with Crippen molar-refractivity contribution in [2.45, 2.75) is 13.3 Å². The van der Waals surface area contributed by atoms with Crippen molar-refractivity contribution in [3.05, 3.63) is 23.9 Å². The monoisotopic (exact) mass is 296 g/mol. The maximum atomic E-state index is 12.0. The molecule has 1 aromatic heterocycles. The summed E-state index contributed by atoms with van der Waals surface area (Å²) in [6, 6.07) is 3.25. The summed E-state index contributed by atoms with van der Waals surface area (Å²) in [6.45, 7) is 2.96. The number of hydrogen-bond acceptors (Lipinski definition) is 6. The molecule has 0 aliphatic rings. The largest absolute Gasteiger partial charge is 0.475 e. The molecular weight excluding hydrogens is 276 g/mol. The van der Waals surface area contributed by atoms with E-state index in [0.717, 1.165) is 0 Å². The fraction of sp³-hybridized carbons (Fsp3) is 0.500. The minimum atomic E-state index is -0.347. The summed E-state index contributed by atoms with van der Waals surface area (Å²) in [5, 5.41) is 2.63. The van der Waals surface area contributed by atoms with E-state index in [1.165, 1.54) is 6.20 Å². The van der Waals surface area contributed by atoms with E-state index >= 15 is 0 Å². The van der Waals surface area contributed by atoms with Gasteiger partial charge in [0.1, 0.15) is 12.2 Å². The molecule has 7 heteroatoms. The first-order valence-electron chi connectivity index (χ1n) is 6.69. The first kappa shape index (κ1) is 16.9. The Morgan fingerprint density at radius 2 is 2.14 bits per heavy atom. The Balaban J connectivity index is 2.51. The van der Waals surface area contributed by atoms with Crippen LogP contribution in [0.15, 0.2) is 18.3 Å². The average Bonchev–Trinajstić information content (AvgIpc) is 2.48. The van der Waals surface area contributed by atoms with E-state index in [2.05, 4.69) is 10.3 Å². The molecule has 7 nitrogen and oxygen atoms in total. The quantitative estimate of drug-likeness (QED) is 0.535. The van der Waals surface area contributed by atoms with Crippen LogP contribution in [0.25, 0.3) is 0 Å². The molecule has 1 amide bonds. The summed E-state index contributed by atoms with van der Waals surface area (Å²) in [5.74, 6) is -0.455. The molecule has 0 aliphatic carbocycles. The zero-order valence-corrected chi connectivity index (χ0v) is 12.3. The SMILES string of the molecule is CCOC(=O)CCNC(=O)c1cccnc1OCCOC. The second kappa shape index (κ2) is 9.71. The Kier molecular flexibility index (Phi) is 7.81. The maximum Gasteiger partial charge on any atom is 0.307 e. The number of ether oxygens (including phenoxy) is 3. The summed E-state index contributed by atoms with van der Waals surface area (Å²) in [7, 11) is 1.56. The van der Waals surface area contributed by atoms with Crippen LogP contribution in [0.3, 0.4) is 0 Å². The second-order valence-corrected chi connectivity index (χ2v) is 4.01. The predicted molar refractivity (Wildman–Crippen MR) is 75.2 cm³/mol. The predicted octanol–water partition coefficient (Wildman–Crippen LogP) is 0.790. The minimum absolute atomic E-state index is 0.125. The highest BCUT2D eigenvalue weighted by atomic mass is 16.5. The summed E-state index contributed by atoms with van der Waals surface area (Å²) in [6.07, 6.45) is 1.66. The molecule has 0 spiro atoms. The lowest BCUT2D eigenvalue weighted by Gasteiger charge is -2.10. The van der Waals surface area contributed by atoms with Crippen molar-refractivity contribution in [2.75, 3.05) is 33.5 Å². The minimum Gasteiger partial charge on any atom is -0.475 e. The van der Waals surface area contributed by atoms with Crippen molar-refractivity contribution >= 4 is 11.9 Å². The fourth-order valence-electron chi connectivity index (χ4n) is 1.51. The van der Waals surface area contributed by atoms with Crippen LogP contribution < -0.4 is 10.1 Å². The summed E-state index contributed by atoms with van der Waals surface area (Å²) >= 11 is 0. The van der Waals surface area contributed by atoms with E-state index in [4.69, 9.17) is 14.2 Å². The van der Waals surface area contributed by atoms with Crippen molar-refractivity contribution in [3.8, 4) is 5.88 Å². The average molecular weight is 296 g/mol. The van der Waals surface area contributed by atoms with Crippen LogP contribution in [0.2, 0.25) is 0 Å². The maximum absolute atomic E-state index is 12.0. The molecule has 0 unspecified atom stereocenters. The molecule has 1 N–H and O–H groups in total. The molecule has 0 atom stereocenters. The lowest BCUT2D eigenvalue weighted by molar-refractivity contribution is -0.142. The van der Waals surface area contributed by atoms with Gasteiger partial charge in [-0.1, -0.05) is 0 Å². The molecule has 1 heterocycles. The van der Waals surface area contributed by atoms with E-state index < -0.39 is 0 Å². The number of hydrogen-bond donors (Lipinski definition) is 1. The molecule has 0 radical (unpaired) electrons. The highest BCUT2D eigenvalue weighted by molar-refractivity contribution is 5.96. The standard InChI is InChI=1S/C14H20N2O5/c1-3-20-12(17)6-8-15-13(18)11-5-4-7-16-14(11)21-10-9-19-2/h4-5,7H,3,6,8-10H2,1-2H3,(H,15,18). The van der Waals surface area contributed by atoms with E-state index in [1.807, 2.05) is 0 Å².